The van der Waals surface area contributed by atoms with Gasteiger partial charge in [-0.3, -0.25) is 0 Å². The van der Waals surface area contributed by atoms with Crippen molar-refractivity contribution in [1.82, 2.24) is 0 Å². The Bertz CT molecular complexity index is 8.00. The van der Waals surface area contributed by atoms with E-state index < -0.39 is 0 Å². The molecule has 0 amide bonds. The van der Waals surface area contributed by atoms with Gasteiger partial charge >= 0.3 is 32.6 Å². The average molecular weight is 115 g/mol. The van der Waals surface area contributed by atoms with E-state index in [1.165, 1.54) is 0 Å². The summed E-state index contributed by atoms with van der Waals surface area (Å²) in [6, 6.07) is 0. The normalized spacial score (nSPS) is 1.75. The molecule has 0 spiro atoms. The van der Waals surface area contributed by atoms with Crippen molar-refractivity contribution in [3.63, 3.8) is 0 Å². The summed E-state index contributed by atoms with van der Waals surface area (Å²) >= 11 is 0.750. The second kappa shape index (κ2) is 362. The maximum atomic E-state index is 8.25. The molecular weight excluding hydrogens is 115 g/mol. The molecule has 0 unspecified atom stereocenters. The van der Waals surface area contributed by atoms with Crippen LogP contribution in [0.3, 0.4) is 0 Å². The third kappa shape index (κ3) is 74.6. The zero-order chi connectivity index (χ0) is 4.00. The molecule has 0 aromatic rings. The van der Waals surface area contributed by atoms with Crippen LogP contribution in [0.25, 0.3) is 0 Å². The zero-order valence-electron chi connectivity index (χ0n) is 1.89. The number of rotatable bonds is 0. The second-order valence-corrected chi connectivity index (χ2v) is 0. The van der Waals surface area contributed by atoms with Crippen molar-refractivity contribution < 1.29 is 8.48 Å². The Labute approximate surface area is 33.4 Å². The van der Waals surface area contributed by atoms with Crippen LogP contribution in [0.5, 0.6) is 0 Å². The Morgan fingerprint density at radius 1 is 1.25 bits per heavy atom. The molecule has 0 aliphatic heterocycles. The fourth-order valence-electron chi connectivity index (χ4n) is 0. The van der Waals surface area contributed by atoms with Gasteiger partial charge in [-0.1, -0.05) is 0 Å². The van der Waals surface area contributed by atoms with Crippen molar-refractivity contribution in [3.8, 4) is 0 Å². The summed E-state index contributed by atoms with van der Waals surface area (Å²) in [5.74, 6) is 0. The van der Waals surface area contributed by atoms with Gasteiger partial charge in [0.1, 0.15) is 0 Å². The molecule has 0 N–H and O–H groups in total. The zero-order valence-corrected chi connectivity index (χ0v) is 3.99. The molecule has 0 saturated carbocycles. The van der Waals surface area contributed by atoms with Crippen LogP contribution in [0.15, 0.2) is 0 Å². The van der Waals surface area contributed by atoms with Gasteiger partial charge in [0.05, 0.1) is 0 Å². The van der Waals surface area contributed by atoms with Gasteiger partial charge in [0.15, 0.2) is 0 Å². The maximum absolute atomic E-state index is 8.25. The first-order valence-electron chi connectivity index (χ1n) is 0.440. The first-order chi connectivity index (χ1) is 2.00. The molecule has 0 aromatic heterocycles. The van der Waals surface area contributed by atoms with Crippen LogP contribution in [-0.2, 0) is 8.48 Å². The van der Waals surface area contributed by atoms with Crippen LogP contribution in [0.4, 0.5) is 0 Å². The molecule has 0 heterocycles. The summed E-state index contributed by atoms with van der Waals surface area (Å²) in [5, 5.41) is 0. The molecule has 0 atom stereocenters. The van der Waals surface area contributed by atoms with Crippen LogP contribution in [0, 0.1) is 0 Å². The van der Waals surface area contributed by atoms with Crippen molar-refractivity contribution in [1.29, 1.82) is 0 Å². The van der Waals surface area contributed by atoms with Crippen LogP contribution >= 0.6 is 0 Å². The fraction of sp³-hybridized carbons (Fsp3) is 0. The molecule has 4 heteroatoms. The monoisotopic (exact) mass is 117 g/mol. The topological polar surface area (TPSA) is 34.1 Å². The molecule has 0 aromatic carbocycles. The standard InChI is InChI=1S/BO.GeO/c2*1-2. The predicted octanol–water partition coefficient (Wildman–Crippen LogP) is -0.999. The van der Waals surface area contributed by atoms with Gasteiger partial charge in [0, 0.05) is 0 Å². The minimum absolute atomic E-state index is 0.750. The Kier molecular flexibility index (Phi) is 804. The molecule has 0 aliphatic rings. The summed E-state index contributed by atoms with van der Waals surface area (Å²) in [6.07, 6.45) is 0. The van der Waals surface area contributed by atoms with E-state index >= 15 is 0 Å². The van der Waals surface area contributed by atoms with Crippen molar-refractivity contribution in [2.24, 2.45) is 0 Å². The second-order valence-electron chi connectivity index (χ2n) is 0. The van der Waals surface area contributed by atoms with E-state index in [-0.39, 0.29) is 0 Å². The van der Waals surface area contributed by atoms with E-state index in [2.05, 4.69) is 7.72 Å². The molecule has 2 nitrogen and oxygen atoms in total. The van der Waals surface area contributed by atoms with E-state index in [1.54, 1.807) is 0 Å². The summed E-state index contributed by atoms with van der Waals surface area (Å²) in [5.41, 5.74) is 0. The molecule has 0 aliphatic carbocycles. The van der Waals surface area contributed by atoms with Crippen molar-refractivity contribution >= 4 is 24.2 Å². The Balaban J connectivity index is 0. The van der Waals surface area contributed by atoms with Gasteiger partial charge in [0.25, 0.3) is 0 Å². The molecule has 0 fully saturated rings. The van der Waals surface area contributed by atoms with Gasteiger partial charge in [-0.05, 0) is 0 Å². The molecule has 0 rings (SSSR count). The van der Waals surface area contributed by atoms with E-state index in [4.69, 9.17) is 8.48 Å². The van der Waals surface area contributed by atoms with Crippen LogP contribution in [0.1, 0.15) is 0 Å². The molecular formula is BGeO2. The summed E-state index contributed by atoms with van der Waals surface area (Å²) < 4.78 is 16.0. The molecule has 0 bridgehead atoms. The Hall–Kier alpha value is 0.208. The Morgan fingerprint density at radius 3 is 1.25 bits per heavy atom. The minimum atomic E-state index is 0.750. The third-order valence-corrected chi connectivity index (χ3v) is 0. The molecule has 0 saturated heterocycles. The predicted molar refractivity (Wildman–Crippen MR) is 12.9 cm³/mol. The van der Waals surface area contributed by atoms with Gasteiger partial charge in [-0.2, -0.15) is 0 Å². The first-order valence-corrected chi connectivity index (χ1v) is 1.30. The van der Waals surface area contributed by atoms with E-state index in [1.807, 2.05) is 0 Å². The summed E-state index contributed by atoms with van der Waals surface area (Å²) in [6.45, 7) is 0. The van der Waals surface area contributed by atoms with Crippen LogP contribution in [-0.4, -0.2) is 24.2 Å². The molecule has 3 radical (unpaired) electrons. The van der Waals surface area contributed by atoms with Gasteiger partial charge in [-0.25, -0.2) is 0 Å². The van der Waals surface area contributed by atoms with Gasteiger partial charge < -0.3 is 0 Å². The fourth-order valence-corrected chi connectivity index (χ4v) is 0. The van der Waals surface area contributed by atoms with Gasteiger partial charge in [-0.15, -0.1) is 0 Å². The van der Waals surface area contributed by atoms with E-state index in [0.29, 0.717) is 0 Å². The molecule has 19 valence electrons. The van der Waals surface area contributed by atoms with Crippen LogP contribution < -0.4 is 0 Å². The first kappa shape index (κ1) is 8.88. The van der Waals surface area contributed by atoms with E-state index in [0.717, 1.165) is 16.5 Å². The Morgan fingerprint density at radius 2 is 1.25 bits per heavy atom. The van der Waals surface area contributed by atoms with Crippen molar-refractivity contribution in [2.75, 3.05) is 0 Å². The van der Waals surface area contributed by atoms with Crippen molar-refractivity contribution in [3.05, 3.63) is 0 Å². The quantitative estimate of drug-likeness (QED) is 0.380. The van der Waals surface area contributed by atoms with Gasteiger partial charge in [0.2, 0.25) is 0 Å². The van der Waals surface area contributed by atoms with Crippen molar-refractivity contribution in [2.45, 2.75) is 0 Å². The number of hydrogen-bond acceptors (Lipinski definition) is 2. The third-order valence-electron chi connectivity index (χ3n) is 0. The SMILES string of the molecule is [B]=O.[O]=[Ge]. The van der Waals surface area contributed by atoms with E-state index in [9.17, 15) is 0 Å². The molecule has 4 heavy (non-hydrogen) atoms. The van der Waals surface area contributed by atoms with Crippen LogP contribution in [0.2, 0.25) is 0 Å². The number of hydrogen-bond donors (Lipinski definition) is 0. The summed E-state index contributed by atoms with van der Waals surface area (Å²) in [7, 11) is 3.25. The average Bonchev–Trinajstić information content (AvgIpc) is 1.50. The summed E-state index contributed by atoms with van der Waals surface area (Å²) in [4.78, 5) is 0.